The topological polar surface area (TPSA) is 148 Å². The molecular formula is C30H32N6O4. The fourth-order valence-corrected chi connectivity index (χ4v) is 5.56. The first-order chi connectivity index (χ1) is 19.0. The highest BCUT2D eigenvalue weighted by Crippen LogP contribution is 2.46. The minimum absolute atomic E-state index is 0.0657. The Kier molecular flexibility index (Phi) is 6.89. The number of carbonyl (C=O) groups excluding carboxylic acids is 3. The number of nitrogens with zero attached hydrogens (tertiary/aromatic N) is 2. The van der Waals surface area contributed by atoms with E-state index in [1.165, 1.54) is 4.90 Å². The van der Waals surface area contributed by atoms with E-state index in [-0.39, 0.29) is 36.6 Å². The number of carbonyl (C=O) groups is 3. The molecule has 2 heterocycles. The molecule has 10 heteroatoms. The number of hydroxylamine groups is 1. The lowest BCUT2D eigenvalue weighted by Crippen LogP contribution is -2.43. The van der Waals surface area contributed by atoms with Gasteiger partial charge >= 0.3 is 0 Å². The Morgan fingerprint density at radius 1 is 1.10 bits per heavy atom. The van der Waals surface area contributed by atoms with Crippen molar-refractivity contribution in [3.8, 4) is 0 Å². The maximum Gasteiger partial charge on any atom is 0.244 e. The summed E-state index contributed by atoms with van der Waals surface area (Å²) >= 11 is 0. The maximum atomic E-state index is 13.3. The third kappa shape index (κ3) is 4.93. The Morgan fingerprint density at radius 2 is 1.85 bits per heavy atom. The number of benzene rings is 2. The molecule has 3 amide bonds. The van der Waals surface area contributed by atoms with Crippen molar-refractivity contribution in [3.05, 3.63) is 88.6 Å². The molecule has 1 spiro atoms. The minimum Gasteiger partial charge on any atom is -0.329 e. The van der Waals surface area contributed by atoms with Crippen LogP contribution >= 0.6 is 0 Å². The van der Waals surface area contributed by atoms with Crippen molar-refractivity contribution >= 4 is 35.1 Å². The molecule has 2 aromatic carbocycles. The molecule has 0 bridgehead atoms. The van der Waals surface area contributed by atoms with E-state index in [4.69, 9.17) is 5.41 Å². The number of aromatic nitrogens is 1. The first kappa shape index (κ1) is 27.0. The Bertz CT molecular complexity index is 1530. The second kappa shape index (κ2) is 10.2. The SMILES string of the molecule is CC(C)(C)C(=O)N(CC(=O)Nc1ccc2c(c1)CC1(C2)C(=O)Nc2ncccc21)Cc1ccccc1C(=N)NO. The standard InChI is InChI=1S/C30H32N6O4/c1-29(2,3)28(39)36(16-19-7-4-5-8-22(19)25(31)35-40)17-24(37)33-21-11-10-18-14-30(15-20(18)13-21)23-9-6-12-32-26(23)34-27(30)38/h4-13,40H,14-17H2,1-3H3,(H2,31,35)(H,33,37)(H,32,34,38). The van der Waals surface area contributed by atoms with Gasteiger partial charge in [-0.05, 0) is 47.7 Å². The molecule has 0 saturated heterocycles. The van der Waals surface area contributed by atoms with E-state index < -0.39 is 10.8 Å². The van der Waals surface area contributed by atoms with Crippen LogP contribution in [0.4, 0.5) is 11.5 Å². The van der Waals surface area contributed by atoms with E-state index in [2.05, 4.69) is 15.6 Å². The molecule has 1 atom stereocenters. The van der Waals surface area contributed by atoms with Crippen LogP contribution in [0.25, 0.3) is 0 Å². The van der Waals surface area contributed by atoms with Gasteiger partial charge in [0.15, 0.2) is 0 Å². The highest BCUT2D eigenvalue weighted by atomic mass is 16.5. The van der Waals surface area contributed by atoms with Gasteiger partial charge in [-0.25, -0.2) is 4.98 Å². The van der Waals surface area contributed by atoms with E-state index >= 15 is 0 Å². The second-order valence-corrected chi connectivity index (χ2v) is 11.4. The molecule has 0 saturated carbocycles. The summed E-state index contributed by atoms with van der Waals surface area (Å²) in [4.78, 5) is 45.3. The van der Waals surface area contributed by atoms with Gasteiger partial charge in [-0.15, -0.1) is 0 Å². The van der Waals surface area contributed by atoms with Gasteiger partial charge in [0, 0.05) is 35.0 Å². The fourth-order valence-electron chi connectivity index (χ4n) is 5.56. The van der Waals surface area contributed by atoms with Crippen LogP contribution in [-0.2, 0) is 39.2 Å². The van der Waals surface area contributed by atoms with E-state index in [0.29, 0.717) is 35.5 Å². The van der Waals surface area contributed by atoms with Gasteiger partial charge in [-0.2, -0.15) is 0 Å². The highest BCUT2D eigenvalue weighted by Gasteiger charge is 2.51. The molecule has 2 aliphatic rings. The summed E-state index contributed by atoms with van der Waals surface area (Å²) in [6.45, 7) is 5.23. The highest BCUT2D eigenvalue weighted by molar-refractivity contribution is 6.06. The summed E-state index contributed by atoms with van der Waals surface area (Å²) in [6, 6.07) is 16.3. The predicted molar refractivity (Wildman–Crippen MR) is 150 cm³/mol. The molecule has 40 heavy (non-hydrogen) atoms. The Morgan fingerprint density at radius 3 is 2.60 bits per heavy atom. The van der Waals surface area contributed by atoms with Gasteiger partial charge in [0.1, 0.15) is 18.2 Å². The molecule has 0 radical (unpaired) electrons. The van der Waals surface area contributed by atoms with E-state index in [1.54, 1.807) is 51.2 Å². The quantitative estimate of drug-likeness (QED) is 0.184. The van der Waals surface area contributed by atoms with Gasteiger partial charge in [-0.1, -0.05) is 57.2 Å². The number of rotatable bonds is 6. The molecule has 5 rings (SSSR count). The van der Waals surface area contributed by atoms with Crippen LogP contribution in [0.3, 0.4) is 0 Å². The first-order valence-corrected chi connectivity index (χ1v) is 13.1. The van der Waals surface area contributed by atoms with Gasteiger partial charge in [0.25, 0.3) is 0 Å². The number of amidine groups is 1. The minimum atomic E-state index is -0.743. The summed E-state index contributed by atoms with van der Waals surface area (Å²) in [5.74, 6) is -0.260. The number of fused-ring (bicyclic) bond motifs is 3. The maximum absolute atomic E-state index is 13.3. The van der Waals surface area contributed by atoms with Gasteiger partial charge in [-0.3, -0.25) is 30.5 Å². The summed E-state index contributed by atoms with van der Waals surface area (Å²) in [6.07, 6.45) is 2.73. The van der Waals surface area contributed by atoms with Crippen LogP contribution in [0.15, 0.2) is 60.8 Å². The number of hydrogen-bond donors (Lipinski definition) is 5. The average molecular weight is 541 g/mol. The molecule has 206 valence electrons. The van der Waals surface area contributed by atoms with Crippen LogP contribution in [0, 0.1) is 10.8 Å². The van der Waals surface area contributed by atoms with Gasteiger partial charge < -0.3 is 15.5 Å². The third-order valence-electron chi connectivity index (χ3n) is 7.49. The Balaban J connectivity index is 1.34. The lowest BCUT2D eigenvalue weighted by molar-refractivity contribution is -0.142. The largest absolute Gasteiger partial charge is 0.329 e. The summed E-state index contributed by atoms with van der Waals surface area (Å²) in [5.41, 5.74) is 4.95. The molecule has 10 nitrogen and oxygen atoms in total. The lowest BCUT2D eigenvalue weighted by atomic mass is 9.79. The Hall–Kier alpha value is -4.57. The van der Waals surface area contributed by atoms with Gasteiger partial charge in [0.2, 0.25) is 17.7 Å². The number of pyridine rings is 1. The van der Waals surface area contributed by atoms with Crippen LogP contribution < -0.4 is 16.1 Å². The molecule has 0 fully saturated rings. The molecule has 1 aliphatic heterocycles. The lowest BCUT2D eigenvalue weighted by Gasteiger charge is -2.30. The van der Waals surface area contributed by atoms with Crippen LogP contribution in [0.2, 0.25) is 0 Å². The van der Waals surface area contributed by atoms with Crippen LogP contribution in [0.5, 0.6) is 0 Å². The molecular weight excluding hydrogens is 508 g/mol. The number of amides is 3. The van der Waals surface area contributed by atoms with Crippen molar-refractivity contribution in [1.29, 1.82) is 5.41 Å². The van der Waals surface area contributed by atoms with Crippen molar-refractivity contribution in [2.45, 2.75) is 45.6 Å². The van der Waals surface area contributed by atoms with Crippen LogP contribution in [0.1, 0.15) is 48.6 Å². The predicted octanol–water partition coefficient (Wildman–Crippen LogP) is 3.39. The van der Waals surface area contributed by atoms with E-state index in [1.807, 2.05) is 35.8 Å². The zero-order valence-electron chi connectivity index (χ0n) is 22.7. The number of anilines is 2. The molecule has 1 aromatic heterocycles. The molecule has 5 N–H and O–H groups in total. The second-order valence-electron chi connectivity index (χ2n) is 11.4. The first-order valence-electron chi connectivity index (χ1n) is 13.1. The summed E-state index contributed by atoms with van der Waals surface area (Å²) in [5, 5.41) is 23.0. The van der Waals surface area contributed by atoms with Gasteiger partial charge in [0.05, 0.1) is 5.41 Å². The summed E-state index contributed by atoms with van der Waals surface area (Å²) < 4.78 is 0. The average Bonchev–Trinajstić information content (AvgIpc) is 3.44. The van der Waals surface area contributed by atoms with Crippen molar-refractivity contribution in [1.82, 2.24) is 15.4 Å². The van der Waals surface area contributed by atoms with Crippen LogP contribution in [-0.4, -0.2) is 45.2 Å². The molecule has 1 aliphatic carbocycles. The summed E-state index contributed by atoms with van der Waals surface area (Å²) in [7, 11) is 0. The Labute approximate surface area is 232 Å². The zero-order chi connectivity index (χ0) is 28.7. The smallest absolute Gasteiger partial charge is 0.244 e. The normalized spacial score (nSPS) is 17.1. The van der Waals surface area contributed by atoms with Crippen molar-refractivity contribution in [2.75, 3.05) is 17.2 Å². The number of hydrogen-bond acceptors (Lipinski definition) is 6. The molecule has 1 unspecified atom stereocenters. The van der Waals surface area contributed by atoms with Crippen molar-refractivity contribution in [3.63, 3.8) is 0 Å². The number of nitrogens with one attached hydrogen (secondary N) is 4. The monoisotopic (exact) mass is 540 g/mol. The zero-order valence-corrected chi connectivity index (χ0v) is 22.7. The third-order valence-corrected chi connectivity index (χ3v) is 7.49. The fraction of sp³-hybridized carbons (Fsp3) is 0.300. The van der Waals surface area contributed by atoms with Crippen molar-refractivity contribution in [2.24, 2.45) is 5.41 Å². The van der Waals surface area contributed by atoms with E-state index in [0.717, 1.165) is 16.7 Å². The van der Waals surface area contributed by atoms with Crippen molar-refractivity contribution < 1.29 is 19.6 Å². The van der Waals surface area contributed by atoms with E-state index in [9.17, 15) is 19.6 Å². The molecule has 3 aromatic rings.